The number of pyridine rings is 1. The summed E-state index contributed by atoms with van der Waals surface area (Å²) in [4.78, 5) is 13.5. The van der Waals surface area contributed by atoms with Gasteiger partial charge in [0, 0.05) is 35.6 Å². The Balaban J connectivity index is 1.83. The average Bonchev–Trinajstić information content (AvgIpc) is 3.40. The number of allylic oxidation sites excluding steroid dienone is 3. The number of hydrogen-bond acceptors (Lipinski definition) is 10. The molecule has 4 rings (SSSR count). The van der Waals surface area contributed by atoms with E-state index in [-0.39, 0.29) is 12.5 Å². The summed E-state index contributed by atoms with van der Waals surface area (Å²) >= 11 is 8.51. The number of aromatic nitrogens is 2. The van der Waals surface area contributed by atoms with Gasteiger partial charge in [0.1, 0.15) is 11.6 Å². The summed E-state index contributed by atoms with van der Waals surface area (Å²) in [6.45, 7) is 5.91. The topological polar surface area (TPSA) is 125 Å². The zero-order valence-corrected chi connectivity index (χ0v) is 22.9. The molecule has 2 aromatic heterocycles. The molecule has 3 N–H and O–H groups in total. The Kier molecular flexibility index (Phi) is 7.63. The van der Waals surface area contributed by atoms with Gasteiger partial charge in [-0.1, -0.05) is 23.7 Å². The Labute approximate surface area is 224 Å². The predicted octanol–water partition coefficient (Wildman–Crippen LogP) is 5.38. The third-order valence-electron chi connectivity index (χ3n) is 6.60. The lowest BCUT2D eigenvalue weighted by Gasteiger charge is -2.42. The highest BCUT2D eigenvalue weighted by atomic mass is 35.5. The molecule has 2 atom stereocenters. The SMILES string of the molecule is CN/C(=C\N=N)C(O)(C1=CC=C2N=C(OC)C(OCc3nccs3)=C(Cl)C2(C)C1)c1ccc(C)nc1C. The summed E-state index contributed by atoms with van der Waals surface area (Å²) in [7, 11) is 3.20. The lowest BCUT2D eigenvalue weighted by atomic mass is 9.69. The maximum absolute atomic E-state index is 12.4. The van der Waals surface area contributed by atoms with Crippen LogP contribution >= 0.6 is 22.9 Å². The normalized spacial score (nSPS) is 21.3. The standard InChI is InChI=1S/C26H29ClN6O3S/c1-15-6-8-18(16(2)32-15)26(34,20(29-4)13-31-28)17-7-9-19-25(3,12-17)23(27)22(24(33-19)35-5)36-14-21-30-10-11-37-21/h6-11,13,28-29,34H,12,14H2,1-5H3/b20-13-,31-28?. The van der Waals surface area contributed by atoms with Crippen molar-refractivity contribution in [3.8, 4) is 0 Å². The average molecular weight is 541 g/mol. The first kappa shape index (κ1) is 26.7. The van der Waals surface area contributed by atoms with E-state index in [2.05, 4.69) is 20.4 Å². The van der Waals surface area contributed by atoms with Crippen molar-refractivity contribution >= 4 is 28.8 Å². The molecular formula is C26H29ClN6O3S. The van der Waals surface area contributed by atoms with Crippen molar-refractivity contribution in [1.82, 2.24) is 15.3 Å². The second kappa shape index (κ2) is 10.6. The van der Waals surface area contributed by atoms with Crippen molar-refractivity contribution < 1.29 is 14.6 Å². The molecule has 0 saturated heterocycles. The Morgan fingerprint density at radius 2 is 2.16 bits per heavy atom. The molecule has 1 aliphatic heterocycles. The molecule has 0 aromatic carbocycles. The summed E-state index contributed by atoms with van der Waals surface area (Å²) in [5.41, 5.74) is 8.68. The molecule has 2 unspecified atom stereocenters. The van der Waals surface area contributed by atoms with Gasteiger partial charge in [-0.2, -0.15) is 5.11 Å². The van der Waals surface area contributed by atoms with Gasteiger partial charge in [-0.25, -0.2) is 15.5 Å². The highest BCUT2D eigenvalue weighted by Crippen LogP contribution is 2.54. The number of dihydropyridines is 1. The molecular weight excluding hydrogens is 512 g/mol. The zero-order valence-electron chi connectivity index (χ0n) is 21.3. The summed E-state index contributed by atoms with van der Waals surface area (Å²) in [5, 5.41) is 21.9. The summed E-state index contributed by atoms with van der Waals surface area (Å²) < 4.78 is 11.6. The lowest BCUT2D eigenvalue weighted by molar-refractivity contribution is 0.0981. The van der Waals surface area contributed by atoms with E-state index >= 15 is 0 Å². The fraction of sp³-hybridized carbons (Fsp3) is 0.346. The Hall–Kier alpha value is -3.34. The van der Waals surface area contributed by atoms with Crippen molar-refractivity contribution in [2.75, 3.05) is 14.2 Å². The maximum atomic E-state index is 12.4. The third-order valence-corrected chi connectivity index (χ3v) is 7.94. The number of aryl methyl sites for hydroxylation is 2. The van der Waals surface area contributed by atoms with E-state index in [1.54, 1.807) is 13.2 Å². The summed E-state index contributed by atoms with van der Waals surface area (Å²) in [5.74, 6) is 0.613. The van der Waals surface area contributed by atoms with Crippen LogP contribution < -0.4 is 5.32 Å². The highest BCUT2D eigenvalue weighted by Gasteiger charge is 2.48. The van der Waals surface area contributed by atoms with Crippen molar-refractivity contribution in [3.05, 3.63) is 91.8 Å². The van der Waals surface area contributed by atoms with Gasteiger partial charge >= 0.3 is 0 Å². The molecule has 0 bridgehead atoms. The van der Waals surface area contributed by atoms with Crippen LogP contribution in [0.5, 0.6) is 0 Å². The molecule has 0 spiro atoms. The first-order valence-corrected chi connectivity index (χ1v) is 12.8. The number of hydrogen-bond donors (Lipinski definition) is 3. The zero-order chi connectivity index (χ0) is 26.8. The number of fused-ring (bicyclic) bond motifs is 1. The first-order chi connectivity index (χ1) is 17.7. The fourth-order valence-electron chi connectivity index (χ4n) is 4.68. The van der Waals surface area contributed by atoms with E-state index < -0.39 is 11.0 Å². The number of nitrogens with zero attached hydrogens (tertiary/aromatic N) is 4. The lowest BCUT2D eigenvalue weighted by Crippen LogP contribution is -2.41. The van der Waals surface area contributed by atoms with E-state index in [9.17, 15) is 5.11 Å². The number of rotatable bonds is 8. The molecule has 194 valence electrons. The molecule has 9 nitrogen and oxygen atoms in total. The minimum absolute atomic E-state index is 0.221. The van der Waals surface area contributed by atoms with E-state index in [0.717, 1.165) is 10.7 Å². The van der Waals surface area contributed by atoms with Crippen LogP contribution in [-0.4, -0.2) is 35.1 Å². The van der Waals surface area contributed by atoms with Gasteiger partial charge in [0.25, 0.3) is 5.90 Å². The minimum Gasteiger partial charge on any atom is -0.480 e. The van der Waals surface area contributed by atoms with Gasteiger partial charge < -0.3 is 19.9 Å². The Morgan fingerprint density at radius 1 is 1.38 bits per heavy atom. The van der Waals surface area contributed by atoms with Crippen LogP contribution in [0.2, 0.25) is 0 Å². The number of aliphatic imine (C=N–C) groups is 1. The van der Waals surface area contributed by atoms with Crippen molar-refractivity contribution in [3.63, 3.8) is 0 Å². The molecule has 0 saturated carbocycles. The Morgan fingerprint density at radius 3 is 2.78 bits per heavy atom. The molecule has 2 aromatic rings. The quantitative estimate of drug-likeness (QED) is 0.386. The van der Waals surface area contributed by atoms with E-state index in [0.29, 0.717) is 45.4 Å². The highest BCUT2D eigenvalue weighted by molar-refractivity contribution is 7.09. The number of methoxy groups -OCH3 is 1. The van der Waals surface area contributed by atoms with Gasteiger partial charge in [0.15, 0.2) is 11.4 Å². The molecule has 2 aliphatic rings. The number of halogens is 1. The van der Waals surface area contributed by atoms with Crippen molar-refractivity contribution in [2.24, 2.45) is 15.5 Å². The first-order valence-electron chi connectivity index (χ1n) is 11.6. The molecule has 0 fully saturated rings. The van der Waals surface area contributed by atoms with Crippen LogP contribution in [0.15, 0.2) is 79.9 Å². The molecule has 0 amide bonds. The van der Waals surface area contributed by atoms with Crippen molar-refractivity contribution in [1.29, 1.82) is 5.53 Å². The van der Waals surface area contributed by atoms with Gasteiger partial charge in [-0.3, -0.25) is 4.98 Å². The third kappa shape index (κ3) is 4.72. The van der Waals surface area contributed by atoms with Crippen molar-refractivity contribution in [2.45, 2.75) is 39.4 Å². The number of likely N-dealkylation sites (N-methyl/N-ethyl adjacent to an activating group) is 1. The van der Waals surface area contributed by atoms with E-state index in [1.165, 1.54) is 24.6 Å². The smallest absolute Gasteiger partial charge is 0.258 e. The second-order valence-corrected chi connectivity index (χ2v) is 10.3. The maximum Gasteiger partial charge on any atom is 0.258 e. The van der Waals surface area contributed by atoms with E-state index in [1.807, 2.05) is 50.4 Å². The van der Waals surface area contributed by atoms with Gasteiger partial charge in [0.2, 0.25) is 0 Å². The second-order valence-electron chi connectivity index (χ2n) is 8.95. The van der Waals surface area contributed by atoms with Crippen LogP contribution in [0.1, 0.15) is 35.3 Å². The van der Waals surface area contributed by atoms with Crippen LogP contribution in [-0.2, 0) is 21.7 Å². The summed E-state index contributed by atoms with van der Waals surface area (Å²) in [6.07, 6.45) is 6.97. The number of aliphatic hydroxyl groups is 1. The van der Waals surface area contributed by atoms with Gasteiger partial charge in [-0.05, 0) is 44.9 Å². The molecule has 0 radical (unpaired) electrons. The fourth-order valence-corrected chi connectivity index (χ4v) is 5.51. The molecule has 37 heavy (non-hydrogen) atoms. The number of ether oxygens (including phenoxy) is 2. The van der Waals surface area contributed by atoms with Crippen LogP contribution in [0.3, 0.4) is 0 Å². The van der Waals surface area contributed by atoms with Crippen LogP contribution in [0.4, 0.5) is 0 Å². The van der Waals surface area contributed by atoms with Gasteiger partial charge in [-0.15, -0.1) is 11.3 Å². The van der Waals surface area contributed by atoms with E-state index in [4.69, 9.17) is 31.6 Å². The molecule has 11 heteroatoms. The predicted molar refractivity (Wildman–Crippen MR) is 143 cm³/mol. The van der Waals surface area contributed by atoms with Crippen LogP contribution in [0, 0.1) is 24.8 Å². The van der Waals surface area contributed by atoms with Crippen LogP contribution in [0.25, 0.3) is 0 Å². The number of thiazole rings is 1. The molecule has 1 aliphatic carbocycles. The largest absolute Gasteiger partial charge is 0.480 e. The molecule has 3 heterocycles. The Bertz CT molecular complexity index is 1360. The monoisotopic (exact) mass is 540 g/mol. The summed E-state index contributed by atoms with van der Waals surface area (Å²) in [6, 6.07) is 3.69. The minimum atomic E-state index is -1.65. The number of nitrogens with one attached hydrogen (secondary N) is 2. The van der Waals surface area contributed by atoms with Gasteiger partial charge in [0.05, 0.1) is 35.2 Å².